The molecule has 0 aromatic heterocycles. The fraction of sp³-hybridized carbons (Fsp3) is 0.300. The number of aliphatic hydroxyl groups is 1. The number of aryl methyl sites for hydroxylation is 2. The average molecular weight is 340 g/mol. The minimum atomic E-state index is -0.474. The van der Waals surface area contributed by atoms with Gasteiger partial charge in [-0.2, -0.15) is 0 Å². The van der Waals surface area contributed by atoms with Crippen molar-refractivity contribution in [3.63, 3.8) is 0 Å². The molecule has 0 fully saturated rings. The second-order valence-electron chi connectivity index (χ2n) is 5.98. The molecule has 0 aliphatic rings. The first kappa shape index (κ1) is 18.7. The third-order valence-corrected chi connectivity index (χ3v) is 3.93. The largest absolute Gasteiger partial charge is 0.394 e. The van der Waals surface area contributed by atoms with Crippen LogP contribution in [0.15, 0.2) is 54.6 Å². The fourth-order valence-electron chi connectivity index (χ4n) is 2.44. The van der Waals surface area contributed by atoms with Gasteiger partial charge in [0.25, 0.3) is 0 Å². The van der Waals surface area contributed by atoms with Crippen LogP contribution in [0, 0.1) is 6.92 Å². The smallest absolute Gasteiger partial charge is 0.239 e. The summed E-state index contributed by atoms with van der Waals surface area (Å²) in [5, 5.41) is 14.8. The van der Waals surface area contributed by atoms with E-state index < -0.39 is 6.04 Å². The van der Waals surface area contributed by atoms with Gasteiger partial charge in [0.1, 0.15) is 0 Å². The summed E-state index contributed by atoms with van der Waals surface area (Å²) in [6.07, 6.45) is 0.968. The number of benzene rings is 2. The second-order valence-corrected chi connectivity index (χ2v) is 5.98. The van der Waals surface area contributed by atoms with Crippen molar-refractivity contribution < 1.29 is 14.7 Å². The van der Waals surface area contributed by atoms with Crippen LogP contribution in [0.5, 0.6) is 0 Å². The van der Waals surface area contributed by atoms with Crippen LogP contribution < -0.4 is 10.6 Å². The highest BCUT2D eigenvalue weighted by atomic mass is 16.3. The molecular weight excluding hydrogens is 316 g/mol. The Morgan fingerprint density at radius 3 is 2.32 bits per heavy atom. The van der Waals surface area contributed by atoms with Gasteiger partial charge in [0.15, 0.2) is 0 Å². The first-order valence-electron chi connectivity index (χ1n) is 8.36. The van der Waals surface area contributed by atoms with E-state index in [0.717, 1.165) is 11.1 Å². The summed E-state index contributed by atoms with van der Waals surface area (Å²) in [4.78, 5) is 23.8. The molecule has 0 aliphatic carbocycles. The lowest BCUT2D eigenvalue weighted by molar-refractivity contribution is -0.126. The lowest BCUT2D eigenvalue weighted by Crippen LogP contribution is -2.39. The molecule has 2 amide bonds. The fourth-order valence-corrected chi connectivity index (χ4v) is 2.44. The Balaban J connectivity index is 1.73. The Morgan fingerprint density at radius 1 is 1.00 bits per heavy atom. The number of rotatable bonds is 8. The third kappa shape index (κ3) is 6.39. The molecule has 0 radical (unpaired) electrons. The van der Waals surface area contributed by atoms with Crippen LogP contribution in [-0.2, 0) is 16.0 Å². The maximum absolute atomic E-state index is 12.0. The monoisotopic (exact) mass is 340 g/mol. The van der Waals surface area contributed by atoms with E-state index in [9.17, 15) is 14.7 Å². The molecule has 0 heterocycles. The molecule has 5 nitrogen and oxygen atoms in total. The first-order chi connectivity index (χ1) is 12.1. The molecule has 1 unspecified atom stereocenters. The number of carbonyl (C=O) groups is 2. The van der Waals surface area contributed by atoms with E-state index in [1.165, 1.54) is 5.56 Å². The number of amides is 2. The topological polar surface area (TPSA) is 78.4 Å². The van der Waals surface area contributed by atoms with Crippen molar-refractivity contribution >= 4 is 11.8 Å². The van der Waals surface area contributed by atoms with Crippen molar-refractivity contribution in [2.45, 2.75) is 25.8 Å². The molecule has 5 heteroatoms. The molecule has 132 valence electrons. The maximum atomic E-state index is 12.0. The Morgan fingerprint density at radius 2 is 1.68 bits per heavy atom. The van der Waals surface area contributed by atoms with Gasteiger partial charge in [-0.05, 0) is 24.5 Å². The van der Waals surface area contributed by atoms with Crippen molar-refractivity contribution in [2.24, 2.45) is 0 Å². The Hall–Kier alpha value is -2.66. The van der Waals surface area contributed by atoms with Crippen LogP contribution in [0.2, 0.25) is 0 Å². The zero-order chi connectivity index (χ0) is 18.1. The predicted octanol–water partition coefficient (Wildman–Crippen LogP) is 1.89. The zero-order valence-electron chi connectivity index (χ0n) is 14.4. The van der Waals surface area contributed by atoms with Gasteiger partial charge < -0.3 is 15.7 Å². The van der Waals surface area contributed by atoms with E-state index in [2.05, 4.69) is 10.6 Å². The number of aliphatic hydroxyl groups excluding tert-OH is 1. The maximum Gasteiger partial charge on any atom is 0.239 e. The number of nitrogens with one attached hydrogen (secondary N) is 2. The predicted molar refractivity (Wildman–Crippen MR) is 96.9 cm³/mol. The van der Waals surface area contributed by atoms with Crippen LogP contribution in [-0.4, -0.2) is 30.1 Å². The zero-order valence-corrected chi connectivity index (χ0v) is 14.4. The van der Waals surface area contributed by atoms with E-state index in [1.807, 2.05) is 61.5 Å². The van der Waals surface area contributed by atoms with Crippen LogP contribution >= 0.6 is 0 Å². The third-order valence-electron chi connectivity index (χ3n) is 3.93. The molecule has 0 bridgehead atoms. The molecule has 0 aliphatic heterocycles. The van der Waals surface area contributed by atoms with Gasteiger partial charge in [-0.1, -0.05) is 60.2 Å². The van der Waals surface area contributed by atoms with Crippen molar-refractivity contribution in [3.05, 3.63) is 71.3 Å². The summed E-state index contributed by atoms with van der Waals surface area (Å²) < 4.78 is 0. The minimum absolute atomic E-state index is 0.101. The van der Waals surface area contributed by atoms with Gasteiger partial charge in [0.05, 0.1) is 19.2 Å². The molecule has 1 atom stereocenters. The highest BCUT2D eigenvalue weighted by Gasteiger charge is 2.13. The quantitative estimate of drug-likeness (QED) is 0.687. The van der Waals surface area contributed by atoms with Gasteiger partial charge >= 0.3 is 0 Å². The van der Waals surface area contributed by atoms with Gasteiger partial charge in [-0.25, -0.2) is 0 Å². The van der Waals surface area contributed by atoms with Crippen LogP contribution in [0.25, 0.3) is 0 Å². The molecule has 0 saturated carbocycles. The molecule has 25 heavy (non-hydrogen) atoms. The molecule has 0 saturated heterocycles. The van der Waals surface area contributed by atoms with Crippen LogP contribution in [0.4, 0.5) is 0 Å². The van der Waals surface area contributed by atoms with Crippen molar-refractivity contribution in [1.82, 2.24) is 10.6 Å². The van der Waals surface area contributed by atoms with E-state index in [-0.39, 0.29) is 25.0 Å². The van der Waals surface area contributed by atoms with Gasteiger partial charge in [-0.15, -0.1) is 0 Å². The molecule has 2 aromatic rings. The van der Waals surface area contributed by atoms with E-state index in [1.54, 1.807) is 0 Å². The number of hydrogen-bond acceptors (Lipinski definition) is 3. The summed E-state index contributed by atoms with van der Waals surface area (Å²) in [6, 6.07) is 16.8. The Bertz CT molecular complexity index is 684. The lowest BCUT2D eigenvalue weighted by Gasteiger charge is -2.17. The molecular formula is C20H24N2O3. The highest BCUT2D eigenvalue weighted by molar-refractivity contribution is 5.85. The first-order valence-corrected chi connectivity index (χ1v) is 8.36. The lowest BCUT2D eigenvalue weighted by atomic mass is 10.1. The minimum Gasteiger partial charge on any atom is -0.394 e. The summed E-state index contributed by atoms with van der Waals surface area (Å²) >= 11 is 0. The van der Waals surface area contributed by atoms with Crippen molar-refractivity contribution in [1.29, 1.82) is 0 Å². The van der Waals surface area contributed by atoms with Crippen LogP contribution in [0.1, 0.15) is 29.2 Å². The summed E-state index contributed by atoms with van der Waals surface area (Å²) in [5.74, 6) is -0.498. The molecule has 2 aromatic carbocycles. The second kappa shape index (κ2) is 9.59. The van der Waals surface area contributed by atoms with Gasteiger partial charge in [0, 0.05) is 6.42 Å². The van der Waals surface area contributed by atoms with Crippen LogP contribution in [0.3, 0.4) is 0 Å². The van der Waals surface area contributed by atoms with E-state index in [0.29, 0.717) is 12.8 Å². The SMILES string of the molecule is Cc1ccc(CCC(=O)NCC(=O)NC(CO)c2ccccc2)cc1. The standard InChI is InChI=1S/C20H24N2O3/c1-15-7-9-16(10-8-15)11-12-19(24)21-13-20(25)22-18(14-23)17-5-3-2-4-6-17/h2-10,18,23H,11-14H2,1H3,(H,21,24)(H,22,25). The van der Waals surface area contributed by atoms with Crippen molar-refractivity contribution in [2.75, 3.05) is 13.2 Å². The van der Waals surface area contributed by atoms with E-state index >= 15 is 0 Å². The highest BCUT2D eigenvalue weighted by Crippen LogP contribution is 2.11. The molecule has 2 rings (SSSR count). The Labute approximate surface area is 148 Å². The average Bonchev–Trinajstić information content (AvgIpc) is 2.64. The van der Waals surface area contributed by atoms with Gasteiger partial charge in [-0.3, -0.25) is 9.59 Å². The number of carbonyl (C=O) groups excluding carboxylic acids is 2. The molecule has 3 N–H and O–H groups in total. The molecule has 0 spiro atoms. The summed E-state index contributed by atoms with van der Waals surface area (Å²) in [5.41, 5.74) is 3.10. The van der Waals surface area contributed by atoms with Gasteiger partial charge in [0.2, 0.25) is 11.8 Å². The number of hydrogen-bond donors (Lipinski definition) is 3. The summed E-state index contributed by atoms with van der Waals surface area (Å²) in [7, 11) is 0. The normalized spacial score (nSPS) is 11.6. The van der Waals surface area contributed by atoms with Crippen molar-refractivity contribution in [3.8, 4) is 0 Å². The van der Waals surface area contributed by atoms with E-state index in [4.69, 9.17) is 0 Å². The summed E-state index contributed by atoms with van der Waals surface area (Å²) in [6.45, 7) is 1.72. The Kier molecular flexibility index (Phi) is 7.16.